The van der Waals surface area contributed by atoms with Gasteiger partial charge < -0.3 is 15.4 Å². The fourth-order valence-electron chi connectivity index (χ4n) is 1.93. The number of carbonyl (C=O) groups excluding carboxylic acids is 1. The number of nitrogens with one attached hydrogen (secondary N) is 2. The molecule has 4 nitrogen and oxygen atoms in total. The minimum Gasteiger partial charge on any atom is -0.496 e. The van der Waals surface area contributed by atoms with Crippen LogP contribution in [0.15, 0.2) is 42.5 Å². The van der Waals surface area contributed by atoms with Gasteiger partial charge in [-0.25, -0.2) is 0 Å². The first-order valence-electron chi connectivity index (χ1n) is 6.53. The van der Waals surface area contributed by atoms with Crippen LogP contribution < -0.4 is 15.4 Å². The standard InChI is InChI=1S/C16H17ClN2O2/c1-11-9-12(7-8-15(11)21-2)18-10-16(20)19-14-6-4-3-5-13(14)17/h3-9,18H,10H2,1-2H3,(H,19,20). The molecule has 0 aliphatic rings. The highest BCUT2D eigenvalue weighted by Gasteiger charge is 2.06. The predicted octanol–water partition coefficient (Wildman–Crippen LogP) is 3.71. The van der Waals surface area contributed by atoms with Gasteiger partial charge >= 0.3 is 0 Å². The van der Waals surface area contributed by atoms with Gasteiger partial charge in [0.15, 0.2) is 0 Å². The summed E-state index contributed by atoms with van der Waals surface area (Å²) in [7, 11) is 1.63. The molecule has 2 rings (SSSR count). The van der Waals surface area contributed by atoms with Gasteiger partial charge in [-0.05, 0) is 42.8 Å². The van der Waals surface area contributed by atoms with Gasteiger partial charge in [-0.2, -0.15) is 0 Å². The van der Waals surface area contributed by atoms with Crippen molar-refractivity contribution < 1.29 is 9.53 Å². The van der Waals surface area contributed by atoms with Gasteiger partial charge in [0.1, 0.15) is 5.75 Å². The number of rotatable bonds is 5. The molecule has 0 atom stereocenters. The maximum atomic E-state index is 11.9. The fourth-order valence-corrected chi connectivity index (χ4v) is 2.11. The largest absolute Gasteiger partial charge is 0.496 e. The first kappa shape index (κ1) is 15.2. The van der Waals surface area contributed by atoms with Crippen LogP contribution in [0.1, 0.15) is 5.56 Å². The van der Waals surface area contributed by atoms with Gasteiger partial charge in [0.2, 0.25) is 5.91 Å². The van der Waals surface area contributed by atoms with E-state index in [1.54, 1.807) is 19.2 Å². The lowest BCUT2D eigenvalue weighted by Crippen LogP contribution is -2.21. The third-order valence-corrected chi connectivity index (χ3v) is 3.33. The van der Waals surface area contributed by atoms with E-state index < -0.39 is 0 Å². The van der Waals surface area contributed by atoms with Crippen molar-refractivity contribution in [1.29, 1.82) is 0 Å². The Labute approximate surface area is 129 Å². The molecule has 1 amide bonds. The molecule has 0 saturated carbocycles. The molecule has 0 aliphatic heterocycles. The minimum atomic E-state index is -0.156. The van der Waals surface area contributed by atoms with E-state index in [0.29, 0.717) is 10.7 Å². The molecule has 0 saturated heterocycles. The fraction of sp³-hybridized carbons (Fsp3) is 0.188. The van der Waals surface area contributed by atoms with Gasteiger partial charge in [0, 0.05) is 5.69 Å². The summed E-state index contributed by atoms with van der Waals surface area (Å²) in [5, 5.41) is 6.34. The van der Waals surface area contributed by atoms with Crippen molar-refractivity contribution in [2.75, 3.05) is 24.3 Å². The number of para-hydroxylation sites is 1. The Hall–Kier alpha value is -2.20. The predicted molar refractivity (Wildman–Crippen MR) is 86.3 cm³/mol. The summed E-state index contributed by atoms with van der Waals surface area (Å²) < 4.78 is 5.20. The Bertz CT molecular complexity index is 644. The maximum absolute atomic E-state index is 11.9. The van der Waals surface area contributed by atoms with Crippen LogP contribution in [-0.4, -0.2) is 19.6 Å². The Morgan fingerprint density at radius 3 is 2.67 bits per heavy atom. The van der Waals surface area contributed by atoms with E-state index in [0.717, 1.165) is 17.0 Å². The highest BCUT2D eigenvalue weighted by molar-refractivity contribution is 6.33. The van der Waals surface area contributed by atoms with Crippen molar-refractivity contribution >= 4 is 28.9 Å². The molecule has 110 valence electrons. The molecule has 0 bridgehead atoms. The second-order valence-electron chi connectivity index (χ2n) is 4.57. The lowest BCUT2D eigenvalue weighted by atomic mass is 10.2. The Morgan fingerprint density at radius 1 is 1.24 bits per heavy atom. The number of halogens is 1. The third kappa shape index (κ3) is 4.13. The van der Waals surface area contributed by atoms with Gasteiger partial charge in [0.05, 0.1) is 24.4 Å². The van der Waals surface area contributed by atoms with E-state index >= 15 is 0 Å². The summed E-state index contributed by atoms with van der Waals surface area (Å²) in [6.07, 6.45) is 0. The van der Waals surface area contributed by atoms with Crippen molar-refractivity contribution in [2.24, 2.45) is 0 Å². The van der Waals surface area contributed by atoms with Gasteiger partial charge in [-0.3, -0.25) is 4.79 Å². The molecule has 21 heavy (non-hydrogen) atoms. The molecular weight excluding hydrogens is 288 g/mol. The molecular formula is C16H17ClN2O2. The number of aryl methyl sites for hydroxylation is 1. The zero-order valence-electron chi connectivity index (χ0n) is 11.9. The summed E-state index contributed by atoms with van der Waals surface area (Å²) in [4.78, 5) is 11.9. The van der Waals surface area contributed by atoms with Crippen molar-refractivity contribution in [3.63, 3.8) is 0 Å². The minimum absolute atomic E-state index is 0.156. The number of ether oxygens (including phenoxy) is 1. The van der Waals surface area contributed by atoms with Crippen LogP contribution in [0.25, 0.3) is 0 Å². The number of hydrogen-bond acceptors (Lipinski definition) is 3. The second-order valence-corrected chi connectivity index (χ2v) is 4.97. The highest BCUT2D eigenvalue weighted by Crippen LogP contribution is 2.22. The monoisotopic (exact) mass is 304 g/mol. The molecule has 0 aliphatic carbocycles. The van der Waals surface area contributed by atoms with E-state index in [9.17, 15) is 4.79 Å². The van der Waals surface area contributed by atoms with Crippen molar-refractivity contribution in [1.82, 2.24) is 0 Å². The molecule has 0 spiro atoms. The zero-order chi connectivity index (χ0) is 15.2. The number of amides is 1. The summed E-state index contributed by atoms with van der Waals surface area (Å²) in [5.41, 5.74) is 2.48. The molecule has 0 unspecified atom stereocenters. The van der Waals surface area contributed by atoms with E-state index in [2.05, 4.69) is 10.6 Å². The smallest absolute Gasteiger partial charge is 0.243 e. The molecule has 0 heterocycles. The van der Waals surface area contributed by atoms with Crippen LogP contribution in [0.3, 0.4) is 0 Å². The first-order chi connectivity index (χ1) is 10.1. The quantitative estimate of drug-likeness (QED) is 0.885. The Kier molecular flexibility index (Phi) is 5.06. The molecule has 5 heteroatoms. The molecule has 2 aromatic carbocycles. The van der Waals surface area contributed by atoms with Crippen molar-refractivity contribution in [3.05, 3.63) is 53.1 Å². The topological polar surface area (TPSA) is 50.4 Å². The van der Waals surface area contributed by atoms with E-state index in [-0.39, 0.29) is 12.5 Å². The zero-order valence-corrected chi connectivity index (χ0v) is 12.7. The van der Waals surface area contributed by atoms with Gasteiger partial charge in [-0.15, -0.1) is 0 Å². The first-order valence-corrected chi connectivity index (χ1v) is 6.91. The van der Waals surface area contributed by atoms with Crippen LogP contribution in [0.2, 0.25) is 5.02 Å². The molecule has 0 fully saturated rings. The van der Waals surface area contributed by atoms with E-state index in [4.69, 9.17) is 16.3 Å². The van der Waals surface area contributed by atoms with Gasteiger partial charge in [0.25, 0.3) is 0 Å². The van der Waals surface area contributed by atoms with Crippen LogP contribution in [-0.2, 0) is 4.79 Å². The Morgan fingerprint density at radius 2 is 2.00 bits per heavy atom. The van der Waals surface area contributed by atoms with Crippen LogP contribution in [0.4, 0.5) is 11.4 Å². The van der Waals surface area contributed by atoms with Crippen LogP contribution in [0.5, 0.6) is 5.75 Å². The summed E-state index contributed by atoms with van der Waals surface area (Å²) in [5.74, 6) is 0.664. The maximum Gasteiger partial charge on any atom is 0.243 e. The molecule has 0 radical (unpaired) electrons. The van der Waals surface area contributed by atoms with E-state index in [1.165, 1.54) is 0 Å². The van der Waals surface area contributed by atoms with Crippen LogP contribution in [0, 0.1) is 6.92 Å². The lowest BCUT2D eigenvalue weighted by Gasteiger charge is -2.11. The number of methoxy groups -OCH3 is 1. The molecule has 0 aromatic heterocycles. The van der Waals surface area contributed by atoms with Crippen molar-refractivity contribution in [3.8, 4) is 5.75 Å². The average molecular weight is 305 g/mol. The third-order valence-electron chi connectivity index (χ3n) is 3.00. The normalized spacial score (nSPS) is 10.0. The second kappa shape index (κ2) is 6.99. The lowest BCUT2D eigenvalue weighted by molar-refractivity contribution is -0.114. The molecule has 2 aromatic rings. The van der Waals surface area contributed by atoms with Gasteiger partial charge in [-0.1, -0.05) is 23.7 Å². The summed E-state index contributed by atoms with van der Waals surface area (Å²) in [6.45, 7) is 2.12. The highest BCUT2D eigenvalue weighted by atomic mass is 35.5. The summed E-state index contributed by atoms with van der Waals surface area (Å²) >= 11 is 5.99. The van der Waals surface area contributed by atoms with E-state index in [1.807, 2.05) is 37.3 Å². The summed E-state index contributed by atoms with van der Waals surface area (Å²) in [6, 6.07) is 12.8. The SMILES string of the molecule is COc1ccc(NCC(=O)Nc2ccccc2Cl)cc1C. The number of carbonyl (C=O) groups is 1. The number of benzene rings is 2. The van der Waals surface area contributed by atoms with Crippen molar-refractivity contribution in [2.45, 2.75) is 6.92 Å². The van der Waals surface area contributed by atoms with Crippen LogP contribution >= 0.6 is 11.6 Å². The number of hydrogen-bond donors (Lipinski definition) is 2. The molecule has 2 N–H and O–H groups in total. The Balaban J connectivity index is 1.92. The number of anilines is 2. The average Bonchev–Trinajstić information content (AvgIpc) is 2.48.